The molecule has 0 aromatic heterocycles. The molecule has 178 valence electrons. The molecule has 8 heteroatoms. The fraction of sp³-hybridized carbons (Fsp3) is 0.667. The van der Waals surface area contributed by atoms with Gasteiger partial charge in [0.25, 0.3) is 0 Å². The molecule has 2 fully saturated rings. The predicted octanol–water partition coefficient (Wildman–Crippen LogP) is 2.94. The maximum Gasteiger partial charge on any atom is 0.315 e. The van der Waals surface area contributed by atoms with Crippen LogP contribution in [0.2, 0.25) is 0 Å². The van der Waals surface area contributed by atoms with Crippen molar-refractivity contribution < 1.29 is 18.7 Å². The number of likely N-dealkylation sites (tertiary alicyclic amines) is 1. The Morgan fingerprint density at radius 3 is 2.44 bits per heavy atom. The van der Waals surface area contributed by atoms with Crippen LogP contribution in [0.4, 0.5) is 9.18 Å². The number of nitrogens with zero attached hydrogens (tertiary/aromatic N) is 1. The molecule has 2 aliphatic heterocycles. The van der Waals surface area contributed by atoms with E-state index in [2.05, 4.69) is 20.9 Å². The van der Waals surface area contributed by atoms with Crippen molar-refractivity contribution in [2.75, 3.05) is 32.8 Å². The molecule has 3 amide bonds. The second-order valence-corrected chi connectivity index (χ2v) is 8.90. The Kier molecular flexibility index (Phi) is 9.29. The van der Waals surface area contributed by atoms with Gasteiger partial charge < -0.3 is 20.7 Å². The molecular formula is C24H37FN4O3. The van der Waals surface area contributed by atoms with Crippen LogP contribution in [0.25, 0.3) is 0 Å². The van der Waals surface area contributed by atoms with E-state index >= 15 is 0 Å². The lowest BCUT2D eigenvalue weighted by atomic mass is 9.86. The molecule has 0 bridgehead atoms. The smallest absolute Gasteiger partial charge is 0.315 e. The van der Waals surface area contributed by atoms with E-state index in [9.17, 15) is 14.0 Å². The topological polar surface area (TPSA) is 82.7 Å². The lowest BCUT2D eigenvalue weighted by Crippen LogP contribution is -2.61. The molecule has 0 radical (unpaired) electrons. The van der Waals surface area contributed by atoms with Crippen LogP contribution in [0.1, 0.15) is 57.4 Å². The van der Waals surface area contributed by atoms with Crippen molar-refractivity contribution in [3.63, 3.8) is 0 Å². The zero-order valence-corrected chi connectivity index (χ0v) is 19.1. The summed E-state index contributed by atoms with van der Waals surface area (Å²) in [5.74, 6) is -0.462. The van der Waals surface area contributed by atoms with Crippen LogP contribution in [0.3, 0.4) is 0 Å². The van der Waals surface area contributed by atoms with Crippen molar-refractivity contribution in [3.05, 3.63) is 35.6 Å². The molecule has 2 aliphatic rings. The van der Waals surface area contributed by atoms with Crippen LogP contribution < -0.4 is 16.0 Å². The van der Waals surface area contributed by atoms with Crippen molar-refractivity contribution in [1.82, 2.24) is 20.9 Å². The first-order valence-electron chi connectivity index (χ1n) is 11.9. The van der Waals surface area contributed by atoms with Crippen molar-refractivity contribution >= 4 is 11.9 Å². The summed E-state index contributed by atoms with van der Waals surface area (Å²) in [5, 5.41) is 8.69. The number of carbonyl (C=O) groups is 2. The summed E-state index contributed by atoms with van der Waals surface area (Å²) in [6.07, 6.45) is 6.84. The number of hydrogen-bond donors (Lipinski definition) is 3. The van der Waals surface area contributed by atoms with E-state index in [1.165, 1.54) is 31.4 Å². The third-order valence-electron chi connectivity index (χ3n) is 6.61. The van der Waals surface area contributed by atoms with Gasteiger partial charge in [0.1, 0.15) is 11.9 Å². The van der Waals surface area contributed by atoms with Gasteiger partial charge in [-0.3, -0.25) is 9.69 Å². The first-order chi connectivity index (χ1) is 15.5. The van der Waals surface area contributed by atoms with Gasteiger partial charge in [-0.25, -0.2) is 9.18 Å². The Balaban J connectivity index is 1.53. The fourth-order valence-corrected chi connectivity index (χ4v) is 4.65. The molecule has 1 atom stereocenters. The van der Waals surface area contributed by atoms with E-state index in [1.54, 1.807) is 12.1 Å². The van der Waals surface area contributed by atoms with Crippen LogP contribution in [0.15, 0.2) is 24.3 Å². The number of ether oxygens (including phenoxy) is 1. The number of halogens is 1. The van der Waals surface area contributed by atoms with Crippen LogP contribution in [0.5, 0.6) is 0 Å². The zero-order valence-electron chi connectivity index (χ0n) is 19.1. The van der Waals surface area contributed by atoms with Gasteiger partial charge in [0.2, 0.25) is 5.91 Å². The monoisotopic (exact) mass is 448 g/mol. The molecule has 0 aliphatic carbocycles. The highest BCUT2D eigenvalue weighted by Gasteiger charge is 2.39. The molecule has 32 heavy (non-hydrogen) atoms. The Labute approximate surface area is 190 Å². The summed E-state index contributed by atoms with van der Waals surface area (Å²) < 4.78 is 18.6. The summed E-state index contributed by atoms with van der Waals surface area (Å²) in [6.45, 7) is 6.41. The van der Waals surface area contributed by atoms with E-state index in [4.69, 9.17) is 4.74 Å². The summed E-state index contributed by atoms with van der Waals surface area (Å²) in [7, 11) is 0. The van der Waals surface area contributed by atoms with Crippen molar-refractivity contribution in [2.45, 2.75) is 70.0 Å². The van der Waals surface area contributed by atoms with Crippen LogP contribution in [0, 0.1) is 5.82 Å². The second-order valence-electron chi connectivity index (χ2n) is 8.90. The Bertz CT molecular complexity index is 731. The predicted molar refractivity (Wildman–Crippen MR) is 122 cm³/mol. The van der Waals surface area contributed by atoms with Gasteiger partial charge in [-0.15, -0.1) is 0 Å². The lowest BCUT2D eigenvalue weighted by molar-refractivity contribution is -0.124. The molecule has 7 nitrogen and oxygen atoms in total. The average Bonchev–Trinajstić information content (AvgIpc) is 2.83. The molecule has 0 spiro atoms. The van der Waals surface area contributed by atoms with Crippen molar-refractivity contribution in [2.24, 2.45) is 0 Å². The molecule has 2 saturated heterocycles. The highest BCUT2D eigenvalue weighted by molar-refractivity contribution is 5.87. The average molecular weight is 449 g/mol. The quantitative estimate of drug-likeness (QED) is 0.543. The van der Waals surface area contributed by atoms with Gasteiger partial charge in [0.15, 0.2) is 0 Å². The maximum absolute atomic E-state index is 13.0. The maximum atomic E-state index is 13.0. The number of hydrogen-bond acceptors (Lipinski definition) is 4. The van der Waals surface area contributed by atoms with E-state index < -0.39 is 12.1 Å². The Morgan fingerprint density at radius 2 is 1.78 bits per heavy atom. The number of urea groups is 1. The van der Waals surface area contributed by atoms with Gasteiger partial charge in [-0.2, -0.15) is 0 Å². The normalized spacial score (nSPS) is 19.7. The number of benzene rings is 1. The van der Waals surface area contributed by atoms with Gasteiger partial charge in [-0.1, -0.05) is 31.9 Å². The number of amides is 3. The standard InChI is InChI=1S/C24H37FN4O3/c1-2-6-21(28-23(31)26-17-19-7-9-20(25)10-8-19)22(30)27-18-24(11-15-32-16-12-24)29-13-4-3-5-14-29/h7-10,21H,2-6,11-18H2,1H3,(H,27,30)(H2,26,28,31). The minimum absolute atomic E-state index is 0.0596. The third kappa shape index (κ3) is 6.90. The van der Waals surface area contributed by atoms with E-state index in [0.29, 0.717) is 13.0 Å². The number of carbonyl (C=O) groups excluding carboxylic acids is 2. The minimum Gasteiger partial charge on any atom is -0.381 e. The Hall–Kier alpha value is -2.19. The number of rotatable bonds is 9. The van der Waals surface area contributed by atoms with Crippen LogP contribution in [-0.2, 0) is 16.1 Å². The molecular weight excluding hydrogens is 411 g/mol. The number of piperidine rings is 1. The highest BCUT2D eigenvalue weighted by Crippen LogP contribution is 2.30. The summed E-state index contributed by atoms with van der Waals surface area (Å²) in [4.78, 5) is 27.9. The van der Waals surface area contributed by atoms with Gasteiger partial charge >= 0.3 is 6.03 Å². The van der Waals surface area contributed by atoms with Crippen LogP contribution >= 0.6 is 0 Å². The van der Waals surface area contributed by atoms with Crippen molar-refractivity contribution in [1.29, 1.82) is 0 Å². The summed E-state index contributed by atoms with van der Waals surface area (Å²) >= 11 is 0. The van der Waals surface area contributed by atoms with Crippen LogP contribution in [-0.4, -0.2) is 61.3 Å². The molecule has 0 saturated carbocycles. The van der Waals surface area contributed by atoms with E-state index in [0.717, 1.165) is 51.1 Å². The fourth-order valence-electron chi connectivity index (χ4n) is 4.65. The largest absolute Gasteiger partial charge is 0.381 e. The number of nitrogens with one attached hydrogen (secondary N) is 3. The van der Waals surface area contributed by atoms with E-state index in [-0.39, 0.29) is 23.8 Å². The second kappa shape index (κ2) is 12.2. The highest BCUT2D eigenvalue weighted by atomic mass is 19.1. The van der Waals surface area contributed by atoms with Gasteiger partial charge in [0.05, 0.1) is 0 Å². The Morgan fingerprint density at radius 1 is 1.09 bits per heavy atom. The van der Waals surface area contributed by atoms with Gasteiger partial charge in [-0.05, 0) is 62.9 Å². The lowest BCUT2D eigenvalue weighted by Gasteiger charge is -2.48. The third-order valence-corrected chi connectivity index (χ3v) is 6.61. The van der Waals surface area contributed by atoms with E-state index in [1.807, 2.05) is 6.92 Å². The summed E-state index contributed by atoms with van der Waals surface area (Å²) in [6, 6.07) is 4.97. The first kappa shape index (κ1) is 24.5. The van der Waals surface area contributed by atoms with Gasteiger partial charge in [0, 0.05) is 31.8 Å². The molecule has 1 unspecified atom stereocenters. The molecule has 1 aromatic carbocycles. The van der Waals surface area contributed by atoms with Crippen molar-refractivity contribution in [3.8, 4) is 0 Å². The molecule has 2 heterocycles. The first-order valence-corrected chi connectivity index (χ1v) is 11.9. The SMILES string of the molecule is CCCC(NC(=O)NCc1ccc(F)cc1)C(=O)NCC1(N2CCCCC2)CCOCC1. The summed E-state index contributed by atoms with van der Waals surface area (Å²) in [5.41, 5.74) is 0.733. The molecule has 1 aromatic rings. The minimum atomic E-state index is -0.591. The zero-order chi connectivity index (χ0) is 22.8. The molecule has 3 N–H and O–H groups in total. The molecule has 3 rings (SSSR count).